The van der Waals surface area contributed by atoms with Gasteiger partial charge in [-0.15, -0.1) is 11.6 Å². The Kier molecular flexibility index (Phi) is 4.50. The minimum Gasteiger partial charge on any atom is -0.497 e. The van der Waals surface area contributed by atoms with Gasteiger partial charge in [-0.3, -0.25) is 0 Å². The number of benzene rings is 2. The Labute approximate surface area is 123 Å². The molecule has 106 valence electrons. The first-order valence-corrected chi connectivity index (χ1v) is 6.63. The Morgan fingerprint density at radius 1 is 1.10 bits per heavy atom. The van der Waals surface area contributed by atoms with Crippen LogP contribution in [0.5, 0.6) is 11.5 Å². The lowest BCUT2D eigenvalue weighted by Crippen LogP contribution is -2.02. The summed E-state index contributed by atoms with van der Waals surface area (Å²) >= 11 is 6.46. The minimum absolute atomic E-state index is 0.352. The summed E-state index contributed by atoms with van der Waals surface area (Å²) in [4.78, 5) is 0. The van der Waals surface area contributed by atoms with Crippen LogP contribution < -0.4 is 9.47 Å². The summed E-state index contributed by atoms with van der Waals surface area (Å²) in [5, 5.41) is -0.614. The Hall–Kier alpha value is -1.74. The Balaban J connectivity index is 2.49. The highest BCUT2D eigenvalue weighted by Crippen LogP contribution is 2.38. The van der Waals surface area contributed by atoms with Crippen LogP contribution in [0, 0.1) is 12.7 Å². The highest BCUT2D eigenvalue weighted by atomic mass is 35.5. The summed E-state index contributed by atoms with van der Waals surface area (Å²) < 4.78 is 24.4. The number of aryl methyl sites for hydroxylation is 1. The van der Waals surface area contributed by atoms with Crippen LogP contribution in [0.3, 0.4) is 0 Å². The number of halogens is 2. The number of methoxy groups -OCH3 is 2. The molecule has 2 aromatic rings. The van der Waals surface area contributed by atoms with Crippen LogP contribution in [0.4, 0.5) is 4.39 Å². The topological polar surface area (TPSA) is 18.5 Å². The maximum Gasteiger partial charge on any atom is 0.131 e. The molecule has 0 aliphatic carbocycles. The molecule has 0 amide bonds. The molecule has 2 rings (SSSR count). The third-order valence-corrected chi connectivity index (χ3v) is 3.69. The zero-order valence-corrected chi connectivity index (χ0v) is 12.4. The fourth-order valence-electron chi connectivity index (χ4n) is 2.16. The lowest BCUT2D eigenvalue weighted by molar-refractivity contribution is 0.405. The van der Waals surface area contributed by atoms with E-state index in [0.717, 1.165) is 16.9 Å². The minimum atomic E-state index is -0.614. The van der Waals surface area contributed by atoms with Crippen LogP contribution in [0.25, 0.3) is 0 Å². The fourth-order valence-corrected chi connectivity index (χ4v) is 2.61. The molecule has 0 bridgehead atoms. The lowest BCUT2D eigenvalue weighted by Gasteiger charge is -2.17. The summed E-state index contributed by atoms with van der Waals surface area (Å²) in [5.74, 6) is 0.815. The first-order chi connectivity index (χ1) is 9.58. The summed E-state index contributed by atoms with van der Waals surface area (Å²) in [7, 11) is 3.11. The number of ether oxygens (including phenoxy) is 2. The molecule has 0 heterocycles. The highest BCUT2D eigenvalue weighted by molar-refractivity contribution is 6.23. The van der Waals surface area contributed by atoms with Crippen molar-refractivity contribution in [3.05, 3.63) is 58.9 Å². The molecule has 2 nitrogen and oxygen atoms in total. The second kappa shape index (κ2) is 6.14. The Morgan fingerprint density at radius 3 is 2.45 bits per heavy atom. The fraction of sp³-hybridized carbons (Fsp3) is 0.250. The van der Waals surface area contributed by atoms with Crippen molar-refractivity contribution in [2.24, 2.45) is 0 Å². The number of rotatable bonds is 4. The normalized spacial score (nSPS) is 12.1. The Morgan fingerprint density at radius 2 is 1.85 bits per heavy atom. The van der Waals surface area contributed by atoms with Crippen molar-refractivity contribution in [1.82, 2.24) is 0 Å². The molecule has 0 fully saturated rings. The van der Waals surface area contributed by atoms with Gasteiger partial charge in [0.15, 0.2) is 0 Å². The van der Waals surface area contributed by atoms with Gasteiger partial charge in [-0.25, -0.2) is 4.39 Å². The van der Waals surface area contributed by atoms with E-state index in [-0.39, 0.29) is 5.82 Å². The van der Waals surface area contributed by atoms with Gasteiger partial charge in [0.05, 0.1) is 25.2 Å². The quantitative estimate of drug-likeness (QED) is 0.774. The van der Waals surface area contributed by atoms with Crippen molar-refractivity contribution >= 4 is 11.6 Å². The van der Waals surface area contributed by atoms with Crippen molar-refractivity contribution in [2.45, 2.75) is 12.3 Å². The van der Waals surface area contributed by atoms with E-state index in [9.17, 15) is 4.39 Å². The first-order valence-electron chi connectivity index (χ1n) is 6.19. The van der Waals surface area contributed by atoms with Gasteiger partial charge in [-0.2, -0.15) is 0 Å². The SMILES string of the molecule is COc1ccc(C(Cl)c2c(F)cccc2OC)c(C)c1. The molecule has 0 N–H and O–H groups in total. The van der Waals surface area contributed by atoms with Gasteiger partial charge in [-0.1, -0.05) is 12.1 Å². The van der Waals surface area contributed by atoms with E-state index in [4.69, 9.17) is 21.1 Å². The van der Waals surface area contributed by atoms with Crippen LogP contribution in [0.15, 0.2) is 36.4 Å². The first kappa shape index (κ1) is 14.7. The Bertz CT molecular complexity index is 613. The summed E-state index contributed by atoms with van der Waals surface area (Å²) in [5.41, 5.74) is 2.12. The predicted molar refractivity (Wildman–Crippen MR) is 78.4 cm³/mol. The predicted octanol–water partition coefficient (Wildman–Crippen LogP) is 4.48. The van der Waals surface area contributed by atoms with E-state index in [1.807, 2.05) is 25.1 Å². The summed E-state index contributed by atoms with van der Waals surface area (Å²) in [6.45, 7) is 1.92. The largest absolute Gasteiger partial charge is 0.497 e. The van der Waals surface area contributed by atoms with Gasteiger partial charge in [0.25, 0.3) is 0 Å². The number of alkyl halides is 1. The van der Waals surface area contributed by atoms with Gasteiger partial charge in [0, 0.05) is 0 Å². The molecule has 0 spiro atoms. The van der Waals surface area contributed by atoms with E-state index in [2.05, 4.69) is 0 Å². The average molecular weight is 295 g/mol. The van der Waals surface area contributed by atoms with Gasteiger partial charge in [-0.05, 0) is 42.3 Å². The van der Waals surface area contributed by atoms with Crippen molar-refractivity contribution in [2.75, 3.05) is 14.2 Å². The van der Waals surface area contributed by atoms with Crippen LogP contribution in [0.2, 0.25) is 0 Å². The average Bonchev–Trinajstić information content (AvgIpc) is 2.46. The molecular weight excluding hydrogens is 279 g/mol. The number of hydrogen-bond acceptors (Lipinski definition) is 2. The molecule has 1 atom stereocenters. The van der Waals surface area contributed by atoms with Crippen molar-refractivity contribution in [3.8, 4) is 11.5 Å². The molecule has 0 radical (unpaired) electrons. The van der Waals surface area contributed by atoms with E-state index in [1.165, 1.54) is 13.2 Å². The van der Waals surface area contributed by atoms with E-state index < -0.39 is 5.38 Å². The molecule has 0 saturated carbocycles. The number of hydrogen-bond donors (Lipinski definition) is 0. The summed E-state index contributed by atoms with van der Waals surface area (Å²) in [6.07, 6.45) is 0. The summed E-state index contributed by atoms with van der Waals surface area (Å²) in [6, 6.07) is 10.2. The van der Waals surface area contributed by atoms with Gasteiger partial charge in [0.1, 0.15) is 17.3 Å². The van der Waals surface area contributed by atoms with Gasteiger partial charge >= 0.3 is 0 Å². The van der Waals surface area contributed by atoms with Crippen molar-refractivity contribution in [1.29, 1.82) is 0 Å². The van der Waals surface area contributed by atoms with E-state index in [1.54, 1.807) is 19.2 Å². The van der Waals surface area contributed by atoms with E-state index >= 15 is 0 Å². The molecule has 20 heavy (non-hydrogen) atoms. The van der Waals surface area contributed by atoms with Crippen LogP contribution in [0.1, 0.15) is 22.1 Å². The molecule has 0 aliphatic rings. The molecule has 4 heteroatoms. The standard InChI is InChI=1S/C16H16ClFO2/c1-10-9-11(19-2)7-8-12(10)16(17)15-13(18)5-4-6-14(15)20-3/h4-9,16H,1-3H3. The molecule has 0 saturated heterocycles. The molecule has 1 unspecified atom stereocenters. The lowest BCUT2D eigenvalue weighted by atomic mass is 9.98. The molecule has 0 aliphatic heterocycles. The highest BCUT2D eigenvalue weighted by Gasteiger charge is 2.21. The van der Waals surface area contributed by atoms with Gasteiger partial charge < -0.3 is 9.47 Å². The maximum atomic E-state index is 14.1. The second-order valence-electron chi connectivity index (χ2n) is 4.44. The zero-order valence-electron chi connectivity index (χ0n) is 11.6. The van der Waals surface area contributed by atoms with Crippen molar-refractivity contribution < 1.29 is 13.9 Å². The van der Waals surface area contributed by atoms with Crippen LogP contribution in [-0.4, -0.2) is 14.2 Å². The van der Waals surface area contributed by atoms with Gasteiger partial charge in [0.2, 0.25) is 0 Å². The molecular formula is C16H16ClFO2. The van der Waals surface area contributed by atoms with E-state index in [0.29, 0.717) is 11.3 Å². The molecule has 2 aromatic carbocycles. The molecule has 0 aromatic heterocycles. The zero-order chi connectivity index (χ0) is 14.7. The second-order valence-corrected chi connectivity index (χ2v) is 4.88. The third-order valence-electron chi connectivity index (χ3n) is 3.24. The maximum absolute atomic E-state index is 14.1. The van der Waals surface area contributed by atoms with Crippen LogP contribution >= 0.6 is 11.6 Å². The monoisotopic (exact) mass is 294 g/mol. The van der Waals surface area contributed by atoms with Crippen LogP contribution in [-0.2, 0) is 0 Å². The third kappa shape index (κ3) is 2.73. The smallest absolute Gasteiger partial charge is 0.131 e. The van der Waals surface area contributed by atoms with Crippen molar-refractivity contribution in [3.63, 3.8) is 0 Å².